The van der Waals surface area contributed by atoms with E-state index < -0.39 is 0 Å². The van der Waals surface area contributed by atoms with Gasteiger partial charge in [0, 0.05) is 18.7 Å². The SMILES string of the molecule is CCC1CNCc2cc(F)ccc2O1. The quantitative estimate of drug-likeness (QED) is 0.740. The Labute approximate surface area is 83.1 Å². The zero-order valence-corrected chi connectivity index (χ0v) is 8.22. The number of nitrogens with one attached hydrogen (secondary N) is 1. The molecule has 1 aliphatic heterocycles. The Balaban J connectivity index is 2.27. The molecule has 0 fully saturated rings. The predicted octanol–water partition coefficient (Wildman–Crippen LogP) is 2.09. The maximum Gasteiger partial charge on any atom is 0.124 e. The molecule has 1 atom stereocenters. The van der Waals surface area contributed by atoms with Crippen LogP contribution in [0.4, 0.5) is 4.39 Å². The molecule has 0 radical (unpaired) electrons. The van der Waals surface area contributed by atoms with Crippen molar-refractivity contribution in [1.29, 1.82) is 0 Å². The van der Waals surface area contributed by atoms with E-state index in [-0.39, 0.29) is 11.9 Å². The fourth-order valence-electron chi connectivity index (χ4n) is 1.62. The summed E-state index contributed by atoms with van der Waals surface area (Å²) in [4.78, 5) is 0. The van der Waals surface area contributed by atoms with Crippen molar-refractivity contribution in [2.24, 2.45) is 0 Å². The lowest BCUT2D eigenvalue weighted by Gasteiger charge is -2.14. The van der Waals surface area contributed by atoms with Gasteiger partial charge in [0.1, 0.15) is 17.7 Å². The molecular weight excluding hydrogens is 181 g/mol. The predicted molar refractivity (Wildman–Crippen MR) is 52.8 cm³/mol. The summed E-state index contributed by atoms with van der Waals surface area (Å²) in [7, 11) is 0. The number of fused-ring (bicyclic) bond motifs is 1. The molecule has 0 saturated carbocycles. The van der Waals surface area contributed by atoms with Gasteiger partial charge in [-0.05, 0) is 24.6 Å². The molecule has 0 amide bonds. The standard InChI is InChI=1S/C11H14FNO/c1-2-10-7-13-6-8-5-9(12)3-4-11(8)14-10/h3-5,10,13H,2,6-7H2,1H3. The summed E-state index contributed by atoms with van der Waals surface area (Å²) in [5.41, 5.74) is 0.904. The monoisotopic (exact) mass is 195 g/mol. The molecular formula is C11H14FNO. The Kier molecular flexibility index (Phi) is 2.68. The molecule has 1 heterocycles. The number of hydrogen-bond donors (Lipinski definition) is 1. The summed E-state index contributed by atoms with van der Waals surface area (Å²) in [5.74, 6) is 0.604. The van der Waals surface area contributed by atoms with Gasteiger partial charge in [-0.25, -0.2) is 4.39 Å². The van der Waals surface area contributed by atoms with Gasteiger partial charge in [0.15, 0.2) is 0 Å². The van der Waals surface area contributed by atoms with Crippen LogP contribution in [-0.2, 0) is 6.54 Å². The van der Waals surface area contributed by atoms with Crippen LogP contribution in [0.3, 0.4) is 0 Å². The molecule has 76 valence electrons. The molecule has 1 aromatic rings. The van der Waals surface area contributed by atoms with Crippen LogP contribution < -0.4 is 10.1 Å². The Hall–Kier alpha value is -1.09. The summed E-state index contributed by atoms with van der Waals surface area (Å²) < 4.78 is 18.7. The third-order valence-electron chi connectivity index (χ3n) is 2.46. The van der Waals surface area contributed by atoms with Crippen LogP contribution in [0.2, 0.25) is 0 Å². The highest BCUT2D eigenvalue weighted by Crippen LogP contribution is 2.23. The van der Waals surface area contributed by atoms with Crippen LogP contribution in [0.25, 0.3) is 0 Å². The van der Waals surface area contributed by atoms with Crippen molar-refractivity contribution in [2.45, 2.75) is 26.0 Å². The largest absolute Gasteiger partial charge is 0.489 e. The second-order valence-electron chi connectivity index (χ2n) is 3.53. The normalized spacial score (nSPS) is 20.9. The van der Waals surface area contributed by atoms with Gasteiger partial charge in [-0.2, -0.15) is 0 Å². The van der Waals surface area contributed by atoms with Crippen LogP contribution in [0, 0.1) is 5.82 Å². The molecule has 2 nitrogen and oxygen atoms in total. The summed E-state index contributed by atoms with van der Waals surface area (Å²) in [5, 5.41) is 3.24. The van der Waals surface area contributed by atoms with Crippen LogP contribution in [0.5, 0.6) is 5.75 Å². The molecule has 0 aromatic heterocycles. The Morgan fingerprint density at radius 2 is 2.43 bits per heavy atom. The third-order valence-corrected chi connectivity index (χ3v) is 2.46. The maximum atomic E-state index is 12.9. The Morgan fingerprint density at radius 3 is 3.21 bits per heavy atom. The van der Waals surface area contributed by atoms with Gasteiger partial charge in [-0.3, -0.25) is 0 Å². The van der Waals surface area contributed by atoms with Gasteiger partial charge in [-0.1, -0.05) is 6.92 Å². The highest BCUT2D eigenvalue weighted by Gasteiger charge is 2.15. The lowest BCUT2D eigenvalue weighted by Crippen LogP contribution is -2.27. The van der Waals surface area contributed by atoms with Crippen molar-refractivity contribution in [3.05, 3.63) is 29.6 Å². The molecule has 1 aromatic carbocycles. The minimum absolute atomic E-state index is 0.196. The molecule has 2 rings (SSSR count). The van der Waals surface area contributed by atoms with Crippen LogP contribution >= 0.6 is 0 Å². The Bertz CT molecular complexity index is 327. The molecule has 1 N–H and O–H groups in total. The van der Waals surface area contributed by atoms with Crippen molar-refractivity contribution < 1.29 is 9.13 Å². The molecule has 1 unspecified atom stereocenters. The molecule has 0 bridgehead atoms. The van der Waals surface area contributed by atoms with E-state index in [4.69, 9.17) is 4.74 Å². The average molecular weight is 195 g/mol. The first-order chi connectivity index (χ1) is 6.79. The van der Waals surface area contributed by atoms with Crippen molar-refractivity contribution in [3.63, 3.8) is 0 Å². The lowest BCUT2D eigenvalue weighted by atomic mass is 10.2. The number of ether oxygens (including phenoxy) is 1. The molecule has 0 aliphatic carbocycles. The third kappa shape index (κ3) is 1.87. The number of hydrogen-bond acceptors (Lipinski definition) is 2. The van der Waals surface area contributed by atoms with Gasteiger partial charge in [0.05, 0.1) is 0 Å². The fraction of sp³-hybridized carbons (Fsp3) is 0.455. The van der Waals surface area contributed by atoms with Gasteiger partial charge >= 0.3 is 0 Å². The maximum absolute atomic E-state index is 12.9. The number of benzene rings is 1. The highest BCUT2D eigenvalue weighted by atomic mass is 19.1. The zero-order valence-electron chi connectivity index (χ0n) is 8.22. The van der Waals surface area contributed by atoms with Crippen molar-refractivity contribution >= 4 is 0 Å². The fourth-order valence-corrected chi connectivity index (χ4v) is 1.62. The van der Waals surface area contributed by atoms with E-state index in [1.807, 2.05) is 0 Å². The number of rotatable bonds is 1. The van der Waals surface area contributed by atoms with E-state index in [0.717, 1.165) is 24.3 Å². The minimum atomic E-state index is -0.205. The van der Waals surface area contributed by atoms with Gasteiger partial charge < -0.3 is 10.1 Å². The van der Waals surface area contributed by atoms with E-state index in [9.17, 15) is 4.39 Å². The van der Waals surface area contributed by atoms with E-state index in [2.05, 4.69) is 12.2 Å². The van der Waals surface area contributed by atoms with E-state index in [1.165, 1.54) is 12.1 Å². The van der Waals surface area contributed by atoms with Crippen LogP contribution in [0.1, 0.15) is 18.9 Å². The van der Waals surface area contributed by atoms with Crippen molar-refractivity contribution in [3.8, 4) is 5.75 Å². The van der Waals surface area contributed by atoms with E-state index >= 15 is 0 Å². The molecule has 14 heavy (non-hydrogen) atoms. The lowest BCUT2D eigenvalue weighted by molar-refractivity contribution is 0.201. The van der Waals surface area contributed by atoms with E-state index in [0.29, 0.717) is 6.54 Å². The van der Waals surface area contributed by atoms with Gasteiger partial charge in [0.2, 0.25) is 0 Å². The topological polar surface area (TPSA) is 21.3 Å². The van der Waals surface area contributed by atoms with Crippen LogP contribution in [-0.4, -0.2) is 12.6 Å². The minimum Gasteiger partial charge on any atom is -0.489 e. The number of halogens is 1. The Morgan fingerprint density at radius 1 is 1.57 bits per heavy atom. The van der Waals surface area contributed by atoms with Crippen molar-refractivity contribution in [2.75, 3.05) is 6.54 Å². The molecule has 3 heteroatoms. The van der Waals surface area contributed by atoms with Gasteiger partial charge in [-0.15, -0.1) is 0 Å². The first-order valence-corrected chi connectivity index (χ1v) is 4.95. The summed E-state index contributed by atoms with van der Waals surface area (Å²) in [6.07, 6.45) is 1.16. The van der Waals surface area contributed by atoms with Crippen molar-refractivity contribution in [1.82, 2.24) is 5.32 Å². The first kappa shape index (κ1) is 9.46. The molecule has 1 aliphatic rings. The second kappa shape index (κ2) is 3.96. The van der Waals surface area contributed by atoms with E-state index in [1.54, 1.807) is 6.07 Å². The second-order valence-corrected chi connectivity index (χ2v) is 3.53. The summed E-state index contributed by atoms with van der Waals surface area (Å²) >= 11 is 0. The summed E-state index contributed by atoms with van der Waals surface area (Å²) in [6.45, 7) is 3.59. The smallest absolute Gasteiger partial charge is 0.124 e. The molecule has 0 saturated heterocycles. The van der Waals surface area contributed by atoms with Gasteiger partial charge in [0.25, 0.3) is 0 Å². The van der Waals surface area contributed by atoms with Crippen LogP contribution in [0.15, 0.2) is 18.2 Å². The molecule has 0 spiro atoms. The average Bonchev–Trinajstić information content (AvgIpc) is 2.38. The zero-order chi connectivity index (χ0) is 9.97. The highest BCUT2D eigenvalue weighted by molar-refractivity contribution is 5.34. The summed E-state index contributed by atoms with van der Waals surface area (Å²) in [6, 6.07) is 4.68. The first-order valence-electron chi connectivity index (χ1n) is 4.95.